The number of benzene rings is 1. The number of nitrogens with one attached hydrogen (secondary N) is 1. The zero-order chi connectivity index (χ0) is 13.9. The van der Waals surface area contributed by atoms with Crippen molar-refractivity contribution in [2.24, 2.45) is 0 Å². The first kappa shape index (κ1) is 13.7. The normalized spacial score (nSPS) is 23.9. The summed E-state index contributed by atoms with van der Waals surface area (Å²) in [7, 11) is 0. The highest BCUT2D eigenvalue weighted by Gasteiger charge is 2.29. The molecule has 3 heteroatoms. The smallest absolute Gasteiger partial charge is 0.121 e. The summed E-state index contributed by atoms with van der Waals surface area (Å²) in [4.78, 5) is 2.48. The lowest BCUT2D eigenvalue weighted by atomic mass is 10.2. The second-order valence-corrected chi connectivity index (χ2v) is 6.21. The predicted molar refractivity (Wildman–Crippen MR) is 83.6 cm³/mol. The van der Waals surface area contributed by atoms with E-state index in [0.29, 0.717) is 6.04 Å². The number of rotatable bonds is 6. The van der Waals surface area contributed by atoms with E-state index < -0.39 is 0 Å². The largest absolute Gasteiger partial charge is 0.491 e. The van der Waals surface area contributed by atoms with Gasteiger partial charge in [0.1, 0.15) is 5.75 Å². The SMILES string of the molecule is CCC(C)Oc1cccc(N2CCC(NC3CC3)C2)c1. The summed E-state index contributed by atoms with van der Waals surface area (Å²) in [6, 6.07) is 10.0. The molecule has 20 heavy (non-hydrogen) atoms. The third-order valence-electron chi connectivity index (χ3n) is 4.33. The van der Waals surface area contributed by atoms with Gasteiger partial charge in [-0.2, -0.15) is 0 Å². The summed E-state index contributed by atoms with van der Waals surface area (Å²) in [6.07, 6.45) is 5.32. The van der Waals surface area contributed by atoms with Crippen LogP contribution in [0.15, 0.2) is 24.3 Å². The van der Waals surface area contributed by atoms with Crippen LogP contribution in [0.5, 0.6) is 5.75 Å². The molecular formula is C17H26N2O. The van der Waals surface area contributed by atoms with Crippen LogP contribution in [0.3, 0.4) is 0 Å². The maximum atomic E-state index is 5.92. The number of ether oxygens (including phenoxy) is 1. The third kappa shape index (κ3) is 3.45. The van der Waals surface area contributed by atoms with Crippen molar-refractivity contribution in [2.45, 2.75) is 57.7 Å². The topological polar surface area (TPSA) is 24.5 Å². The average molecular weight is 274 g/mol. The molecular weight excluding hydrogens is 248 g/mol. The molecule has 1 heterocycles. The van der Waals surface area contributed by atoms with Gasteiger partial charge in [-0.15, -0.1) is 0 Å². The molecule has 0 aromatic heterocycles. The molecule has 3 nitrogen and oxygen atoms in total. The molecule has 1 saturated heterocycles. The van der Waals surface area contributed by atoms with Gasteiger partial charge in [0, 0.05) is 36.9 Å². The zero-order valence-electron chi connectivity index (χ0n) is 12.6. The van der Waals surface area contributed by atoms with Crippen LogP contribution in [0.1, 0.15) is 39.5 Å². The molecule has 1 aliphatic carbocycles. The average Bonchev–Trinajstić information content (AvgIpc) is 3.14. The van der Waals surface area contributed by atoms with Crippen molar-refractivity contribution in [1.29, 1.82) is 0 Å². The van der Waals surface area contributed by atoms with Crippen LogP contribution < -0.4 is 15.0 Å². The Balaban J connectivity index is 1.60. The molecule has 0 amide bonds. The van der Waals surface area contributed by atoms with Gasteiger partial charge in [0.2, 0.25) is 0 Å². The minimum Gasteiger partial charge on any atom is -0.491 e. The molecule has 2 aliphatic rings. The van der Waals surface area contributed by atoms with Crippen LogP contribution in [-0.4, -0.2) is 31.3 Å². The van der Waals surface area contributed by atoms with Crippen LogP contribution in [0.25, 0.3) is 0 Å². The summed E-state index contributed by atoms with van der Waals surface area (Å²) in [6.45, 7) is 6.56. The van der Waals surface area contributed by atoms with Crippen molar-refractivity contribution in [2.75, 3.05) is 18.0 Å². The Bertz CT molecular complexity index is 444. The lowest BCUT2D eigenvalue weighted by molar-refractivity contribution is 0.217. The molecule has 2 unspecified atom stereocenters. The Morgan fingerprint density at radius 2 is 2.15 bits per heavy atom. The van der Waals surface area contributed by atoms with Gasteiger partial charge in [-0.25, -0.2) is 0 Å². The Morgan fingerprint density at radius 1 is 1.30 bits per heavy atom. The van der Waals surface area contributed by atoms with Crippen molar-refractivity contribution >= 4 is 5.69 Å². The predicted octanol–water partition coefficient (Wildman–Crippen LogP) is 3.19. The fourth-order valence-corrected chi connectivity index (χ4v) is 2.78. The van der Waals surface area contributed by atoms with Gasteiger partial charge in [-0.1, -0.05) is 13.0 Å². The van der Waals surface area contributed by atoms with Gasteiger partial charge in [0.25, 0.3) is 0 Å². The minimum absolute atomic E-state index is 0.285. The van der Waals surface area contributed by atoms with E-state index in [4.69, 9.17) is 4.74 Å². The Labute approximate surface area is 122 Å². The van der Waals surface area contributed by atoms with Crippen molar-refractivity contribution < 1.29 is 4.74 Å². The first-order valence-electron chi connectivity index (χ1n) is 8.02. The summed E-state index contributed by atoms with van der Waals surface area (Å²) in [5, 5.41) is 3.74. The van der Waals surface area contributed by atoms with Gasteiger partial charge < -0.3 is 15.0 Å². The summed E-state index contributed by atoms with van der Waals surface area (Å²) in [5.74, 6) is 0.996. The fourth-order valence-electron chi connectivity index (χ4n) is 2.78. The summed E-state index contributed by atoms with van der Waals surface area (Å²) < 4.78 is 5.92. The van der Waals surface area contributed by atoms with E-state index in [1.165, 1.54) is 24.9 Å². The van der Waals surface area contributed by atoms with E-state index in [9.17, 15) is 0 Å². The maximum Gasteiger partial charge on any atom is 0.121 e. The Kier molecular flexibility index (Phi) is 4.16. The molecule has 1 N–H and O–H groups in total. The number of hydrogen-bond donors (Lipinski definition) is 1. The van der Waals surface area contributed by atoms with Gasteiger partial charge in [-0.3, -0.25) is 0 Å². The van der Waals surface area contributed by atoms with Gasteiger partial charge in [-0.05, 0) is 44.7 Å². The molecule has 2 atom stereocenters. The molecule has 1 aromatic rings. The number of anilines is 1. The summed E-state index contributed by atoms with van der Waals surface area (Å²) >= 11 is 0. The monoisotopic (exact) mass is 274 g/mol. The van der Waals surface area contributed by atoms with Gasteiger partial charge in [0.05, 0.1) is 6.10 Å². The molecule has 2 fully saturated rings. The van der Waals surface area contributed by atoms with Crippen molar-refractivity contribution in [3.63, 3.8) is 0 Å². The van der Waals surface area contributed by atoms with Crippen LogP contribution >= 0.6 is 0 Å². The third-order valence-corrected chi connectivity index (χ3v) is 4.33. The number of hydrogen-bond acceptors (Lipinski definition) is 3. The Morgan fingerprint density at radius 3 is 2.90 bits per heavy atom. The van der Waals surface area contributed by atoms with E-state index in [1.807, 2.05) is 0 Å². The molecule has 0 radical (unpaired) electrons. The summed E-state index contributed by atoms with van der Waals surface area (Å²) in [5.41, 5.74) is 1.30. The fraction of sp³-hybridized carbons (Fsp3) is 0.647. The maximum absolute atomic E-state index is 5.92. The first-order valence-corrected chi connectivity index (χ1v) is 8.02. The standard InChI is InChI=1S/C17H26N2O/c1-3-13(2)20-17-6-4-5-16(11-17)19-10-9-15(12-19)18-14-7-8-14/h4-6,11,13-15,18H,3,7-10,12H2,1-2H3. The molecule has 1 aliphatic heterocycles. The van der Waals surface area contributed by atoms with E-state index in [0.717, 1.165) is 31.3 Å². The molecule has 1 saturated carbocycles. The van der Waals surface area contributed by atoms with Crippen molar-refractivity contribution in [3.8, 4) is 5.75 Å². The van der Waals surface area contributed by atoms with E-state index >= 15 is 0 Å². The second-order valence-electron chi connectivity index (χ2n) is 6.21. The molecule has 110 valence electrons. The van der Waals surface area contributed by atoms with E-state index in [-0.39, 0.29) is 6.10 Å². The minimum atomic E-state index is 0.285. The van der Waals surface area contributed by atoms with Gasteiger partial charge in [0.15, 0.2) is 0 Å². The second kappa shape index (κ2) is 6.04. The Hall–Kier alpha value is -1.22. The van der Waals surface area contributed by atoms with Crippen molar-refractivity contribution in [3.05, 3.63) is 24.3 Å². The molecule has 0 bridgehead atoms. The highest BCUT2D eigenvalue weighted by Crippen LogP contribution is 2.27. The molecule has 1 aromatic carbocycles. The first-order chi connectivity index (χ1) is 9.74. The lowest BCUT2D eigenvalue weighted by Crippen LogP contribution is -2.33. The highest BCUT2D eigenvalue weighted by atomic mass is 16.5. The number of nitrogens with zero attached hydrogens (tertiary/aromatic N) is 1. The van der Waals surface area contributed by atoms with Crippen LogP contribution in [0.4, 0.5) is 5.69 Å². The highest BCUT2D eigenvalue weighted by molar-refractivity contribution is 5.51. The lowest BCUT2D eigenvalue weighted by Gasteiger charge is -2.21. The van der Waals surface area contributed by atoms with Crippen LogP contribution in [0.2, 0.25) is 0 Å². The van der Waals surface area contributed by atoms with Crippen LogP contribution in [0, 0.1) is 0 Å². The van der Waals surface area contributed by atoms with E-state index in [1.54, 1.807) is 0 Å². The molecule has 0 spiro atoms. The van der Waals surface area contributed by atoms with Crippen molar-refractivity contribution in [1.82, 2.24) is 5.32 Å². The van der Waals surface area contributed by atoms with E-state index in [2.05, 4.69) is 48.3 Å². The quantitative estimate of drug-likeness (QED) is 0.862. The zero-order valence-corrected chi connectivity index (χ0v) is 12.6. The van der Waals surface area contributed by atoms with Crippen LogP contribution in [-0.2, 0) is 0 Å². The molecule has 3 rings (SSSR count). The van der Waals surface area contributed by atoms with Gasteiger partial charge >= 0.3 is 0 Å².